The Balaban J connectivity index is 0.685. The van der Waals surface area contributed by atoms with Gasteiger partial charge < -0.3 is 20.0 Å². The van der Waals surface area contributed by atoms with Crippen LogP contribution >= 0.6 is 0 Å². The van der Waals surface area contributed by atoms with E-state index < -0.39 is 0 Å². The molecule has 558 valence electrons. The lowest BCUT2D eigenvalue weighted by Gasteiger charge is -2.43. The van der Waals surface area contributed by atoms with Crippen LogP contribution in [0.3, 0.4) is 0 Å². The molecule has 0 radical (unpaired) electrons. The highest BCUT2D eigenvalue weighted by Gasteiger charge is 2.40. The minimum Gasteiger partial charge on any atom is -0.381 e. The van der Waals surface area contributed by atoms with E-state index in [1.807, 2.05) is 0 Å². The van der Waals surface area contributed by atoms with Gasteiger partial charge >= 0.3 is 0 Å². The molecule has 9 aliphatic carbocycles. The van der Waals surface area contributed by atoms with Gasteiger partial charge in [0, 0.05) is 102 Å². The minimum atomic E-state index is 0.290. The Hall–Kier alpha value is -6.92. The number of nitrogens with zero attached hydrogens (tertiary/aromatic N) is 5. The van der Waals surface area contributed by atoms with Crippen molar-refractivity contribution in [1.82, 2.24) is 0 Å². The summed E-state index contributed by atoms with van der Waals surface area (Å²) in [4.78, 5) is 14.0. The molecular weight excluding hydrogens is 1270 g/mol. The molecule has 0 aliphatic heterocycles. The van der Waals surface area contributed by atoms with E-state index in [1.165, 1.54) is 230 Å². The SMILES string of the molecule is CCN(c1ccc(C(=C2C=CC(=NC3C(C)CC(CC4CC(C)C(Nc5ccc(C(=C6C=CC(=[N+](CC)C7CCCCC7C)C=C6)c6ccc(N(CC)C7CCCCC7C)cc6)c6c5C=CCC6)C(C)C4)CC3C)c3ccccc32)c2ccc(N(CC)C3CCCCC3C)cc2)cc1)C1CCCCC1C. The number of hydrogen-bond acceptors (Lipinski definition) is 5. The summed E-state index contributed by atoms with van der Waals surface area (Å²) < 4.78 is 2.71. The van der Waals surface area contributed by atoms with Gasteiger partial charge in [-0.25, -0.2) is 4.58 Å². The standard InChI is InChI=1S/C99H132N6/c1-13-102(92-37-25-17-29-66(92)5)80-49-41-76(42-50-80)96(77-43-51-81(52-44-77)103(14-2)93-38-26-18-30-67(93)6)88-57-59-90(86-35-23-21-33-84(86)88)100-98-70(9)61-74(62-71(98)10)65-75-63-72(11)99(73(12)64-75)101-91-60-58-89(85-34-22-24-36-87(85)91)97(78-45-53-82(54-46-78)104(15-3)94-39-27-19-31-68(94)7)79-47-55-83(56-48-79)105(16-4)95-40-28-20-32-69(95)8/h21,23-24,33,35-36,41-60,66-75,92-95,98-99H,13-20,22,25-32,34,37-40,61-65H2,1-12H3/p+1. The average Bonchev–Trinajstić information content (AvgIpc) is 0.766. The Kier molecular flexibility index (Phi) is 24.3. The number of benzene rings is 5. The quantitative estimate of drug-likeness (QED) is 0.0788. The predicted octanol–water partition coefficient (Wildman–Crippen LogP) is 24.8. The third-order valence-corrected chi connectivity index (χ3v) is 28.3. The molecule has 6 nitrogen and oxygen atoms in total. The summed E-state index contributed by atoms with van der Waals surface area (Å²) in [5, 5.41) is 4.33. The van der Waals surface area contributed by atoms with Crippen LogP contribution in [-0.4, -0.2) is 78.4 Å². The molecule has 0 spiro atoms. The van der Waals surface area contributed by atoms with Crippen molar-refractivity contribution < 1.29 is 4.58 Å². The van der Waals surface area contributed by atoms with Crippen LogP contribution in [0, 0.1) is 59.2 Å². The normalized spacial score (nSPS) is 30.0. The minimum absolute atomic E-state index is 0.290. The van der Waals surface area contributed by atoms with Gasteiger partial charge in [-0.05, 0) is 294 Å². The highest BCUT2D eigenvalue weighted by Crippen LogP contribution is 2.48. The van der Waals surface area contributed by atoms with Crippen molar-refractivity contribution in [2.45, 2.75) is 267 Å². The van der Waals surface area contributed by atoms with Crippen molar-refractivity contribution >= 4 is 57.0 Å². The first-order valence-corrected chi connectivity index (χ1v) is 43.2. The maximum Gasteiger partial charge on any atom is 0.200 e. The summed E-state index contributed by atoms with van der Waals surface area (Å²) in [6.45, 7) is 33.7. The smallest absolute Gasteiger partial charge is 0.200 e. The van der Waals surface area contributed by atoms with Crippen LogP contribution in [-0.2, 0) is 6.42 Å². The van der Waals surface area contributed by atoms with Crippen LogP contribution < -0.4 is 20.0 Å². The molecule has 6 heteroatoms. The molecule has 0 heterocycles. The van der Waals surface area contributed by atoms with Crippen LogP contribution in [0.15, 0.2) is 162 Å². The first-order valence-electron chi connectivity index (χ1n) is 43.2. The van der Waals surface area contributed by atoms with Crippen LogP contribution in [0.5, 0.6) is 0 Å². The molecule has 0 aromatic heterocycles. The molecule has 1 N–H and O–H groups in total. The van der Waals surface area contributed by atoms with Gasteiger partial charge in [0.1, 0.15) is 6.54 Å². The van der Waals surface area contributed by atoms with Crippen molar-refractivity contribution in [3.63, 3.8) is 0 Å². The molecule has 12 unspecified atom stereocenters. The van der Waals surface area contributed by atoms with Crippen LogP contribution in [0.1, 0.15) is 269 Å². The fourth-order valence-electron chi connectivity index (χ4n) is 23.0. The number of fused-ring (bicyclic) bond motifs is 2. The van der Waals surface area contributed by atoms with E-state index in [2.05, 4.69) is 265 Å². The summed E-state index contributed by atoms with van der Waals surface area (Å²) in [7, 11) is 0. The second kappa shape index (κ2) is 34.1. The van der Waals surface area contributed by atoms with E-state index >= 15 is 0 Å². The molecule has 5 aromatic rings. The molecule has 12 atom stereocenters. The number of nitrogens with one attached hydrogen (secondary N) is 1. The lowest BCUT2D eigenvalue weighted by Crippen LogP contribution is -2.41. The third kappa shape index (κ3) is 16.2. The zero-order valence-corrected chi connectivity index (χ0v) is 67.1. The molecule has 0 saturated heterocycles. The highest BCUT2D eigenvalue weighted by molar-refractivity contribution is 6.19. The number of rotatable bonds is 20. The fraction of sp³-hybridized carbons (Fsp3) is 0.556. The molecule has 6 saturated carbocycles. The van der Waals surface area contributed by atoms with E-state index in [9.17, 15) is 0 Å². The maximum absolute atomic E-state index is 5.89. The fourth-order valence-corrected chi connectivity index (χ4v) is 23.0. The summed E-state index contributed by atoms with van der Waals surface area (Å²) in [6.07, 6.45) is 49.4. The van der Waals surface area contributed by atoms with E-state index in [4.69, 9.17) is 4.99 Å². The first kappa shape index (κ1) is 74.9. The van der Waals surface area contributed by atoms with Gasteiger partial charge in [-0.1, -0.05) is 185 Å². The van der Waals surface area contributed by atoms with Crippen LogP contribution in [0.4, 0.5) is 22.7 Å². The van der Waals surface area contributed by atoms with E-state index in [0.29, 0.717) is 65.7 Å². The monoisotopic (exact) mass is 1410 g/mol. The average molecular weight is 1410 g/mol. The molecule has 5 aromatic carbocycles. The van der Waals surface area contributed by atoms with Gasteiger partial charge in [-0.15, -0.1) is 0 Å². The van der Waals surface area contributed by atoms with Gasteiger partial charge in [0.2, 0.25) is 0 Å². The highest BCUT2D eigenvalue weighted by atomic mass is 15.2. The zero-order chi connectivity index (χ0) is 72.8. The van der Waals surface area contributed by atoms with Crippen molar-refractivity contribution in [2.24, 2.45) is 64.2 Å². The number of hydrogen-bond donors (Lipinski definition) is 1. The van der Waals surface area contributed by atoms with Gasteiger partial charge in [0.15, 0.2) is 11.8 Å². The summed E-state index contributed by atoms with van der Waals surface area (Å²) in [5.74, 6) is 6.55. The topological polar surface area (TPSA) is 37.1 Å². The molecule has 9 aliphatic rings. The molecule has 0 amide bonds. The number of aliphatic imine (C=N–C) groups is 1. The lowest BCUT2D eigenvalue weighted by molar-refractivity contribution is -0.572. The molecular formula is C99H133N6+. The van der Waals surface area contributed by atoms with Crippen LogP contribution in [0.2, 0.25) is 0 Å². The Morgan fingerprint density at radius 1 is 0.448 bits per heavy atom. The summed E-state index contributed by atoms with van der Waals surface area (Å²) in [6, 6.07) is 46.6. The summed E-state index contributed by atoms with van der Waals surface area (Å²) in [5.41, 5.74) is 24.0. The Morgan fingerprint density at radius 3 is 1.40 bits per heavy atom. The number of allylic oxidation sites excluding steroid dienone is 9. The van der Waals surface area contributed by atoms with Crippen molar-refractivity contribution in [3.8, 4) is 0 Å². The van der Waals surface area contributed by atoms with E-state index in [-0.39, 0.29) is 6.04 Å². The third-order valence-electron chi connectivity index (χ3n) is 28.3. The molecule has 6 fully saturated rings. The van der Waals surface area contributed by atoms with E-state index in [0.717, 1.165) is 68.4 Å². The Labute approximate surface area is 636 Å². The molecule has 14 rings (SSSR count). The van der Waals surface area contributed by atoms with E-state index in [1.54, 1.807) is 0 Å². The maximum atomic E-state index is 5.89. The molecule has 105 heavy (non-hydrogen) atoms. The first-order chi connectivity index (χ1) is 51.2. The largest absolute Gasteiger partial charge is 0.381 e. The van der Waals surface area contributed by atoms with Crippen LogP contribution in [0.25, 0.3) is 22.8 Å². The zero-order valence-electron chi connectivity index (χ0n) is 67.1. The van der Waals surface area contributed by atoms with Gasteiger partial charge in [-0.2, -0.15) is 0 Å². The Morgan fingerprint density at radius 2 is 0.914 bits per heavy atom. The van der Waals surface area contributed by atoms with Crippen molar-refractivity contribution in [3.05, 3.63) is 202 Å². The second-order valence-corrected chi connectivity index (χ2v) is 35.2. The summed E-state index contributed by atoms with van der Waals surface area (Å²) >= 11 is 0. The molecule has 0 bridgehead atoms. The lowest BCUT2D eigenvalue weighted by atomic mass is 9.66. The van der Waals surface area contributed by atoms with Crippen molar-refractivity contribution in [1.29, 1.82) is 0 Å². The van der Waals surface area contributed by atoms with Gasteiger partial charge in [0.25, 0.3) is 0 Å². The van der Waals surface area contributed by atoms with Gasteiger partial charge in [-0.3, -0.25) is 4.99 Å². The number of anilines is 4. The van der Waals surface area contributed by atoms with Crippen molar-refractivity contribution in [2.75, 3.05) is 46.2 Å². The second-order valence-electron chi connectivity index (χ2n) is 35.2. The predicted molar refractivity (Wildman–Crippen MR) is 454 cm³/mol. The van der Waals surface area contributed by atoms with Gasteiger partial charge in [0.05, 0.1) is 11.8 Å². The Bertz CT molecular complexity index is 3920.